The first-order chi connectivity index (χ1) is 16.7. The summed E-state index contributed by atoms with van der Waals surface area (Å²) in [6, 6.07) is 2.52. The second kappa shape index (κ2) is 9.03. The average Bonchev–Trinajstić information content (AvgIpc) is 3.41. The summed E-state index contributed by atoms with van der Waals surface area (Å²) < 4.78 is 0. The molecule has 5 heterocycles. The number of aliphatic imine (C=N–C) groups is 3. The first kappa shape index (κ1) is 27.0. The standard InChI is InChI=1S/C29H34N5.ClH.Zn/c1-17-21-12-24-28(6,7)14-19(33-24)10-22-26(2,3)13-18(31-22)9-23-27(4,5)15-20(32-23)11-25(34-21)29(17,8)16-30;;/h9-12H,13-15H2,1-8H3;1H;/q-1;;+2/p-1/b18-9-,20-11-,22-10-,24-12-;;. The molecule has 1 unspecified atom stereocenters. The van der Waals surface area contributed by atoms with Gasteiger partial charge in [-0.1, -0.05) is 53.7 Å². The van der Waals surface area contributed by atoms with Crippen molar-refractivity contribution < 1.29 is 17.3 Å². The average molecular weight is 553 g/mol. The molecule has 0 aromatic rings. The molecule has 0 aromatic carbocycles. The fourth-order valence-electron chi connectivity index (χ4n) is 5.43. The first-order valence-corrected chi connectivity index (χ1v) is 16.4. The topological polar surface area (TPSA) is 75.0 Å². The molecular weight excluding hydrogens is 519 g/mol. The van der Waals surface area contributed by atoms with Crippen molar-refractivity contribution >= 4 is 26.8 Å². The molecular formula is C29H34ClN5Zn. The van der Waals surface area contributed by atoms with Crippen molar-refractivity contribution in [1.29, 1.82) is 5.26 Å². The molecule has 0 saturated carbocycles. The van der Waals surface area contributed by atoms with Crippen LogP contribution in [-0.4, -0.2) is 17.1 Å². The molecule has 1 fully saturated rings. The van der Waals surface area contributed by atoms with Crippen LogP contribution < -0.4 is 0 Å². The van der Waals surface area contributed by atoms with Crippen LogP contribution in [0, 0.1) is 33.0 Å². The number of allylic oxidation sites excluding steroid dienone is 9. The molecule has 36 heavy (non-hydrogen) atoms. The minimum absolute atomic E-state index is 0.0428. The van der Waals surface area contributed by atoms with Gasteiger partial charge in [-0.25, -0.2) is 0 Å². The number of halogens is 1. The summed E-state index contributed by atoms with van der Waals surface area (Å²) in [4.78, 5) is 15.0. The Hall–Kier alpha value is -2.09. The van der Waals surface area contributed by atoms with Crippen LogP contribution in [0.25, 0.3) is 5.32 Å². The van der Waals surface area contributed by atoms with Gasteiger partial charge in [0.2, 0.25) is 0 Å². The van der Waals surface area contributed by atoms with Crippen LogP contribution in [0.5, 0.6) is 0 Å². The van der Waals surface area contributed by atoms with Crippen molar-refractivity contribution in [2.75, 3.05) is 0 Å². The third-order valence-corrected chi connectivity index (χ3v) is 8.04. The third kappa shape index (κ3) is 4.55. The van der Waals surface area contributed by atoms with Gasteiger partial charge in [-0.15, -0.1) is 0 Å². The van der Waals surface area contributed by atoms with E-state index >= 15 is 0 Å². The first-order valence-electron chi connectivity index (χ1n) is 12.5. The summed E-state index contributed by atoms with van der Waals surface area (Å²) in [5, 5.41) is 15.2. The fourth-order valence-corrected chi connectivity index (χ4v) is 5.43. The van der Waals surface area contributed by atoms with Crippen molar-refractivity contribution in [3.05, 3.63) is 63.7 Å². The van der Waals surface area contributed by atoms with Crippen molar-refractivity contribution in [1.82, 2.24) is 0 Å². The molecule has 8 bridgehead atoms. The molecule has 7 heteroatoms. The van der Waals surface area contributed by atoms with Crippen molar-refractivity contribution in [2.45, 2.75) is 74.7 Å². The summed E-state index contributed by atoms with van der Waals surface area (Å²) in [6.45, 7) is 17.4. The quantitative estimate of drug-likeness (QED) is 0.280. The van der Waals surface area contributed by atoms with Gasteiger partial charge in [-0.05, 0) is 43.4 Å². The van der Waals surface area contributed by atoms with Gasteiger partial charge in [-0.3, -0.25) is 15.0 Å². The number of nitriles is 1. The Morgan fingerprint density at radius 3 is 2.19 bits per heavy atom. The van der Waals surface area contributed by atoms with E-state index in [-0.39, 0.29) is 16.2 Å². The molecule has 0 aromatic heterocycles. The van der Waals surface area contributed by atoms with Gasteiger partial charge in [0, 0.05) is 46.5 Å². The molecule has 0 radical (unpaired) electrons. The predicted molar refractivity (Wildman–Crippen MR) is 145 cm³/mol. The Kier molecular flexibility index (Phi) is 6.77. The number of hydrogen-bond donors (Lipinski definition) is 0. The van der Waals surface area contributed by atoms with E-state index < -0.39 is 5.41 Å². The van der Waals surface area contributed by atoms with Gasteiger partial charge in [0.25, 0.3) is 0 Å². The zero-order chi connectivity index (χ0) is 26.7. The van der Waals surface area contributed by atoms with E-state index in [2.05, 4.69) is 65.8 Å². The van der Waals surface area contributed by atoms with Crippen LogP contribution in [0.2, 0.25) is 0 Å². The SMILES string of the molecule is CC1=C2/C=C3N=C(/C=C4\[N-]/C(=C\C5=NC(=C\C(=N2)C1(C)C#N)/CC5(C)C)CC4(C)C)CC\3(C)C.[Cl][Zn+]. The Balaban J connectivity index is 0.00000148. The van der Waals surface area contributed by atoms with E-state index in [1.807, 2.05) is 19.9 Å². The monoisotopic (exact) mass is 551 g/mol. The van der Waals surface area contributed by atoms with Crippen LogP contribution >= 0.6 is 9.69 Å². The zero-order valence-corrected chi connectivity index (χ0v) is 26.5. The van der Waals surface area contributed by atoms with Crippen LogP contribution in [0.1, 0.15) is 74.7 Å². The normalized spacial score (nSPS) is 34.7. The van der Waals surface area contributed by atoms with Gasteiger partial charge < -0.3 is 5.32 Å². The Morgan fingerprint density at radius 1 is 0.833 bits per heavy atom. The molecule has 5 nitrogen and oxygen atoms in total. The second-order valence-electron chi connectivity index (χ2n) is 12.5. The zero-order valence-electron chi connectivity index (χ0n) is 22.8. The summed E-state index contributed by atoms with van der Waals surface area (Å²) in [5.74, 6) is 0. The molecule has 1 atom stereocenters. The summed E-state index contributed by atoms with van der Waals surface area (Å²) in [5.41, 5.74) is 7.80. The van der Waals surface area contributed by atoms with Gasteiger partial charge in [0.05, 0.1) is 17.5 Å². The van der Waals surface area contributed by atoms with Gasteiger partial charge in [-0.2, -0.15) is 16.7 Å². The molecule has 0 amide bonds. The van der Waals surface area contributed by atoms with E-state index in [9.17, 15) is 5.26 Å². The predicted octanol–water partition coefficient (Wildman–Crippen LogP) is 8.03. The van der Waals surface area contributed by atoms with Crippen molar-refractivity contribution in [3.63, 3.8) is 0 Å². The van der Waals surface area contributed by atoms with Crippen LogP contribution in [0.15, 0.2) is 73.3 Å². The minimum atomic E-state index is -0.774. The Bertz CT molecular complexity index is 1310. The summed E-state index contributed by atoms with van der Waals surface area (Å²) in [7, 11) is 4.76. The fraction of sp³-hybridized carbons (Fsp3) is 0.517. The van der Waals surface area contributed by atoms with E-state index in [1.165, 1.54) is 0 Å². The van der Waals surface area contributed by atoms with Crippen LogP contribution in [0.3, 0.4) is 0 Å². The number of hydrogen-bond acceptors (Lipinski definition) is 4. The maximum atomic E-state index is 10.2. The maximum absolute atomic E-state index is 10.2. The molecule has 0 spiro atoms. The summed E-state index contributed by atoms with van der Waals surface area (Å²) in [6.07, 6.45) is 11.0. The molecule has 1 saturated heterocycles. The van der Waals surface area contributed by atoms with E-state index in [0.717, 1.165) is 87.8 Å². The van der Waals surface area contributed by atoms with Gasteiger partial charge in [0.1, 0.15) is 5.41 Å². The van der Waals surface area contributed by atoms with Crippen LogP contribution in [0.4, 0.5) is 0 Å². The molecule has 0 N–H and O–H groups in total. The van der Waals surface area contributed by atoms with E-state index in [1.54, 1.807) is 0 Å². The molecule has 184 valence electrons. The van der Waals surface area contributed by atoms with E-state index in [4.69, 9.17) is 30.0 Å². The van der Waals surface area contributed by atoms with Gasteiger partial charge >= 0.3 is 27.0 Å². The Morgan fingerprint density at radius 2 is 1.53 bits per heavy atom. The molecule has 5 aliphatic rings. The van der Waals surface area contributed by atoms with Crippen molar-refractivity contribution in [2.24, 2.45) is 36.6 Å². The van der Waals surface area contributed by atoms with Crippen molar-refractivity contribution in [3.8, 4) is 6.07 Å². The Labute approximate surface area is 229 Å². The third-order valence-electron chi connectivity index (χ3n) is 8.04. The summed E-state index contributed by atoms with van der Waals surface area (Å²) >= 11 is 0.847. The van der Waals surface area contributed by atoms with E-state index in [0.29, 0.717) is 0 Å². The number of nitrogens with zero attached hydrogens (tertiary/aromatic N) is 5. The molecule has 5 rings (SSSR count). The second-order valence-corrected chi connectivity index (χ2v) is 12.5. The van der Waals surface area contributed by atoms with Gasteiger partial charge in [0.15, 0.2) is 0 Å². The van der Waals surface area contributed by atoms with Crippen LogP contribution in [-0.2, 0) is 17.3 Å². The molecule has 5 aliphatic heterocycles. The number of fused-ring (bicyclic) bond motifs is 5. The number of rotatable bonds is 0. The molecule has 0 aliphatic carbocycles.